The van der Waals surface area contributed by atoms with E-state index in [0.717, 1.165) is 26.1 Å². The van der Waals surface area contributed by atoms with E-state index in [2.05, 4.69) is 73.0 Å². The molecule has 4 heteroatoms. The number of hydrogen-bond donors (Lipinski definition) is 2. The molecule has 1 unspecified atom stereocenters. The molecule has 2 N–H and O–H groups in total. The predicted octanol–water partition coefficient (Wildman–Crippen LogP) is 3.52. The highest BCUT2D eigenvalue weighted by Gasteiger charge is 2.47. The van der Waals surface area contributed by atoms with Crippen molar-refractivity contribution in [2.75, 3.05) is 19.6 Å². The smallest absolute Gasteiger partial charge is 0.317 e. The Hall–Kier alpha value is -2.33. The maximum Gasteiger partial charge on any atom is 0.317 e. The second-order valence-corrected chi connectivity index (χ2v) is 7.48. The van der Waals surface area contributed by atoms with Crippen LogP contribution in [0.15, 0.2) is 48.5 Å². The van der Waals surface area contributed by atoms with Crippen molar-refractivity contribution in [3.05, 3.63) is 59.7 Å². The third kappa shape index (κ3) is 3.10. The number of nitrogens with one attached hydrogen (secondary N) is 2. The van der Waals surface area contributed by atoms with Crippen LogP contribution >= 0.6 is 0 Å². The van der Waals surface area contributed by atoms with Gasteiger partial charge in [-0.15, -0.1) is 0 Å². The number of piperidine rings is 1. The van der Waals surface area contributed by atoms with E-state index >= 15 is 0 Å². The van der Waals surface area contributed by atoms with Gasteiger partial charge in [0.15, 0.2) is 0 Å². The number of hydrogen-bond acceptors (Lipinski definition) is 2. The van der Waals surface area contributed by atoms with Crippen molar-refractivity contribution in [2.45, 2.75) is 38.3 Å². The van der Waals surface area contributed by atoms with E-state index in [-0.39, 0.29) is 6.03 Å². The number of amides is 2. The van der Waals surface area contributed by atoms with Gasteiger partial charge in [-0.3, -0.25) is 0 Å². The van der Waals surface area contributed by atoms with Gasteiger partial charge in [-0.2, -0.15) is 0 Å². The lowest BCUT2D eigenvalue weighted by Crippen LogP contribution is -2.73. The van der Waals surface area contributed by atoms with Crippen molar-refractivity contribution in [3.63, 3.8) is 0 Å². The molecule has 0 spiro atoms. The molecule has 2 aromatic carbocycles. The van der Waals surface area contributed by atoms with Gasteiger partial charge in [0.2, 0.25) is 0 Å². The first-order chi connectivity index (χ1) is 12.7. The molecule has 3 heterocycles. The Kier molecular flexibility index (Phi) is 4.68. The van der Waals surface area contributed by atoms with Gasteiger partial charge in [-0.1, -0.05) is 55.5 Å². The van der Waals surface area contributed by atoms with Gasteiger partial charge >= 0.3 is 6.03 Å². The monoisotopic (exact) mass is 349 g/mol. The van der Waals surface area contributed by atoms with Crippen LogP contribution in [0.4, 0.5) is 4.79 Å². The number of nitrogens with zero attached hydrogens (tertiary/aromatic N) is 1. The molecule has 136 valence electrons. The molecule has 0 radical (unpaired) electrons. The van der Waals surface area contributed by atoms with E-state index in [1.165, 1.54) is 22.3 Å². The van der Waals surface area contributed by atoms with Gasteiger partial charge in [0, 0.05) is 37.6 Å². The van der Waals surface area contributed by atoms with E-state index in [1.54, 1.807) is 0 Å². The predicted molar refractivity (Wildman–Crippen MR) is 105 cm³/mol. The molecule has 2 amide bonds. The first-order valence-electron chi connectivity index (χ1n) is 9.62. The standard InChI is InChI=1S/C22H27N3O/c1-3-12-23-22(26)25-13-19-21(20(14-25)24-19)17-10-8-16(9-11-17)18-7-5-4-6-15(18)2/h4-11,19-21,24H,3,12-14H2,1-2H3,(H,23,26)/t19-,20+,21?. The zero-order valence-electron chi connectivity index (χ0n) is 15.5. The number of carbonyl (C=O) groups is 1. The third-order valence-corrected chi connectivity index (χ3v) is 5.69. The second kappa shape index (κ2) is 7.12. The molecule has 0 saturated carbocycles. The zero-order valence-corrected chi connectivity index (χ0v) is 15.5. The highest BCUT2D eigenvalue weighted by atomic mass is 16.2. The van der Waals surface area contributed by atoms with Crippen molar-refractivity contribution >= 4 is 6.03 Å². The van der Waals surface area contributed by atoms with Gasteiger partial charge in [0.05, 0.1) is 0 Å². The summed E-state index contributed by atoms with van der Waals surface area (Å²) in [4.78, 5) is 14.1. The Morgan fingerprint density at radius 3 is 2.46 bits per heavy atom. The van der Waals surface area contributed by atoms with E-state index < -0.39 is 0 Å². The van der Waals surface area contributed by atoms with E-state index in [9.17, 15) is 4.79 Å². The Morgan fingerprint density at radius 1 is 1.12 bits per heavy atom. The number of carbonyl (C=O) groups excluding carboxylic acids is 1. The quantitative estimate of drug-likeness (QED) is 0.887. The maximum atomic E-state index is 12.2. The van der Waals surface area contributed by atoms with Crippen LogP contribution in [-0.2, 0) is 0 Å². The van der Waals surface area contributed by atoms with Crippen LogP contribution in [0.2, 0.25) is 0 Å². The summed E-state index contributed by atoms with van der Waals surface area (Å²) in [5, 5.41) is 6.59. The van der Waals surface area contributed by atoms with Gasteiger partial charge in [-0.25, -0.2) is 4.79 Å². The average molecular weight is 349 g/mol. The topological polar surface area (TPSA) is 44.4 Å². The van der Waals surface area contributed by atoms with Crippen LogP contribution in [0.5, 0.6) is 0 Å². The van der Waals surface area contributed by atoms with Crippen molar-refractivity contribution in [1.29, 1.82) is 0 Å². The number of piperazine rings is 1. The van der Waals surface area contributed by atoms with Crippen LogP contribution < -0.4 is 10.6 Å². The number of rotatable bonds is 4. The van der Waals surface area contributed by atoms with Crippen molar-refractivity contribution in [1.82, 2.24) is 15.5 Å². The summed E-state index contributed by atoms with van der Waals surface area (Å²) in [6.45, 7) is 6.56. The van der Waals surface area contributed by atoms with Gasteiger partial charge in [0.25, 0.3) is 0 Å². The fourth-order valence-electron chi connectivity index (χ4n) is 4.28. The van der Waals surface area contributed by atoms with Crippen molar-refractivity contribution in [3.8, 4) is 11.1 Å². The number of urea groups is 1. The van der Waals surface area contributed by atoms with Crippen molar-refractivity contribution < 1.29 is 4.79 Å². The van der Waals surface area contributed by atoms with E-state index in [4.69, 9.17) is 0 Å². The lowest BCUT2D eigenvalue weighted by molar-refractivity contribution is 0.0711. The summed E-state index contributed by atoms with van der Waals surface area (Å²) < 4.78 is 0. The van der Waals surface area contributed by atoms with Gasteiger partial charge < -0.3 is 15.5 Å². The van der Waals surface area contributed by atoms with Gasteiger partial charge in [0.1, 0.15) is 0 Å². The first kappa shape index (κ1) is 17.1. The minimum Gasteiger partial charge on any atom is -0.338 e. The third-order valence-electron chi connectivity index (χ3n) is 5.69. The van der Waals surface area contributed by atoms with Crippen LogP contribution in [0.3, 0.4) is 0 Å². The summed E-state index contributed by atoms with van der Waals surface area (Å²) in [5.41, 5.74) is 5.25. The molecule has 3 atom stereocenters. The molecule has 3 aliphatic rings. The lowest BCUT2D eigenvalue weighted by atomic mass is 9.74. The summed E-state index contributed by atoms with van der Waals surface area (Å²) in [6.07, 6.45) is 0.973. The molecule has 26 heavy (non-hydrogen) atoms. The molecule has 3 aliphatic heterocycles. The average Bonchev–Trinajstić information content (AvgIpc) is 2.67. The minimum atomic E-state index is 0.0803. The summed E-state index contributed by atoms with van der Waals surface area (Å²) in [5.74, 6) is 0.510. The van der Waals surface area contributed by atoms with Gasteiger partial charge in [-0.05, 0) is 35.6 Å². The molecule has 0 aliphatic carbocycles. The number of fused-ring (bicyclic) bond motifs is 2. The molecule has 4 nitrogen and oxygen atoms in total. The summed E-state index contributed by atoms with van der Waals surface area (Å²) >= 11 is 0. The molecule has 0 aromatic heterocycles. The molecule has 2 aromatic rings. The van der Waals surface area contributed by atoms with Crippen LogP contribution in [0.1, 0.15) is 30.4 Å². The fraction of sp³-hybridized carbons (Fsp3) is 0.409. The molecule has 5 rings (SSSR count). The Labute approximate surface area is 155 Å². The lowest BCUT2D eigenvalue weighted by Gasteiger charge is -2.54. The molecular formula is C22H27N3O. The Morgan fingerprint density at radius 2 is 1.81 bits per heavy atom. The molecule has 3 fully saturated rings. The van der Waals surface area contributed by atoms with E-state index in [1.807, 2.05) is 4.90 Å². The molecular weight excluding hydrogens is 322 g/mol. The zero-order chi connectivity index (χ0) is 18.1. The molecule has 2 bridgehead atoms. The number of aryl methyl sites for hydroxylation is 1. The Balaban J connectivity index is 1.44. The summed E-state index contributed by atoms with van der Waals surface area (Å²) in [7, 11) is 0. The van der Waals surface area contributed by atoms with E-state index in [0.29, 0.717) is 18.0 Å². The summed E-state index contributed by atoms with van der Waals surface area (Å²) in [6, 6.07) is 18.3. The minimum absolute atomic E-state index is 0.0803. The van der Waals surface area contributed by atoms with Crippen LogP contribution in [-0.4, -0.2) is 42.6 Å². The van der Waals surface area contributed by atoms with Crippen LogP contribution in [0.25, 0.3) is 11.1 Å². The highest BCUT2D eigenvalue weighted by Crippen LogP contribution is 2.37. The van der Waals surface area contributed by atoms with Crippen molar-refractivity contribution in [2.24, 2.45) is 0 Å². The number of benzene rings is 2. The molecule has 3 saturated heterocycles. The fourth-order valence-corrected chi connectivity index (χ4v) is 4.28. The largest absolute Gasteiger partial charge is 0.338 e. The maximum absolute atomic E-state index is 12.2. The van der Waals surface area contributed by atoms with Crippen LogP contribution in [0, 0.1) is 6.92 Å². The second-order valence-electron chi connectivity index (χ2n) is 7.48. The first-order valence-corrected chi connectivity index (χ1v) is 9.62. The Bertz CT molecular complexity index is 774. The SMILES string of the molecule is CCCNC(=O)N1C[C@@H]2N[C@H](C1)C2c1ccc(-c2ccccc2C)cc1. The highest BCUT2D eigenvalue weighted by molar-refractivity contribution is 5.74. The normalized spacial score (nSPS) is 24.1.